The zero-order valence-electron chi connectivity index (χ0n) is 8.94. The van der Waals surface area contributed by atoms with E-state index in [-0.39, 0.29) is 0 Å². The van der Waals surface area contributed by atoms with Gasteiger partial charge < -0.3 is 15.4 Å². The summed E-state index contributed by atoms with van der Waals surface area (Å²) in [5.41, 5.74) is 7.74. The Morgan fingerprint density at radius 2 is 2.40 bits per heavy atom. The molecule has 0 spiro atoms. The van der Waals surface area contributed by atoms with E-state index in [9.17, 15) is 0 Å². The number of benzene rings is 1. The van der Waals surface area contributed by atoms with Gasteiger partial charge in [-0.05, 0) is 17.7 Å². The first-order valence-electron chi connectivity index (χ1n) is 5.16. The van der Waals surface area contributed by atoms with Crippen molar-refractivity contribution in [3.63, 3.8) is 0 Å². The van der Waals surface area contributed by atoms with Gasteiger partial charge in [-0.25, -0.2) is 0 Å². The minimum absolute atomic E-state index is 0.573. The number of rotatable bonds is 2. The summed E-state index contributed by atoms with van der Waals surface area (Å²) in [4.78, 5) is 2.21. The third kappa shape index (κ3) is 2.13. The Morgan fingerprint density at radius 3 is 3.20 bits per heavy atom. The number of nitrogens with zero attached hydrogens (tertiary/aromatic N) is 1. The Hall–Kier alpha value is -1.48. The third-order valence-corrected chi connectivity index (χ3v) is 2.52. The van der Waals surface area contributed by atoms with Crippen LogP contribution < -0.4 is 15.4 Å². The average Bonchev–Trinajstić information content (AvgIpc) is 2.27. The van der Waals surface area contributed by atoms with E-state index < -0.39 is 0 Å². The second-order valence-electron chi connectivity index (χ2n) is 3.64. The number of likely N-dealkylation sites (N-methyl/N-ethyl adjacent to an activating group) is 1. The fraction of sp³-hybridized carbons (Fsp3) is 0.333. The van der Waals surface area contributed by atoms with Crippen LogP contribution in [0, 0.1) is 0 Å². The van der Waals surface area contributed by atoms with Crippen molar-refractivity contribution in [1.82, 2.24) is 0 Å². The quantitative estimate of drug-likeness (QED) is 0.793. The maximum atomic E-state index is 5.56. The Morgan fingerprint density at radius 1 is 1.53 bits per heavy atom. The van der Waals surface area contributed by atoms with Crippen molar-refractivity contribution in [2.24, 2.45) is 5.73 Å². The number of ether oxygens (including phenoxy) is 1. The molecule has 0 saturated carbocycles. The van der Waals surface area contributed by atoms with Crippen LogP contribution in [-0.2, 0) is 0 Å². The minimum Gasteiger partial charge on any atom is -0.490 e. The van der Waals surface area contributed by atoms with Crippen molar-refractivity contribution in [1.29, 1.82) is 0 Å². The van der Waals surface area contributed by atoms with E-state index in [1.165, 1.54) is 0 Å². The summed E-state index contributed by atoms with van der Waals surface area (Å²) >= 11 is 0. The Labute approximate surface area is 90.1 Å². The van der Waals surface area contributed by atoms with Gasteiger partial charge in [-0.2, -0.15) is 0 Å². The lowest BCUT2D eigenvalue weighted by Gasteiger charge is -2.27. The lowest BCUT2D eigenvalue weighted by Crippen LogP contribution is -2.28. The highest BCUT2D eigenvalue weighted by atomic mass is 16.5. The maximum Gasteiger partial charge on any atom is 0.142 e. The summed E-state index contributed by atoms with van der Waals surface area (Å²) in [6, 6.07) is 6.19. The molecule has 0 radical (unpaired) electrons. The zero-order chi connectivity index (χ0) is 10.7. The van der Waals surface area contributed by atoms with Gasteiger partial charge in [0.1, 0.15) is 12.4 Å². The molecule has 15 heavy (non-hydrogen) atoms. The molecule has 0 bridgehead atoms. The molecule has 0 unspecified atom stereocenters. The highest BCUT2D eigenvalue weighted by Gasteiger charge is 2.13. The topological polar surface area (TPSA) is 38.5 Å². The van der Waals surface area contributed by atoms with Crippen molar-refractivity contribution in [3.8, 4) is 5.75 Å². The second kappa shape index (κ2) is 4.36. The normalized spacial score (nSPS) is 15.2. The average molecular weight is 204 g/mol. The fourth-order valence-corrected chi connectivity index (χ4v) is 1.68. The first kappa shape index (κ1) is 10.1. The molecule has 3 nitrogen and oxygen atoms in total. The molecule has 0 saturated heterocycles. The first-order valence-corrected chi connectivity index (χ1v) is 5.16. The highest BCUT2D eigenvalue weighted by molar-refractivity contribution is 5.66. The fourth-order valence-electron chi connectivity index (χ4n) is 1.68. The van der Waals surface area contributed by atoms with Gasteiger partial charge >= 0.3 is 0 Å². The molecule has 0 aromatic heterocycles. The van der Waals surface area contributed by atoms with E-state index in [0.717, 1.165) is 30.2 Å². The molecule has 1 aromatic carbocycles. The number of anilines is 1. The third-order valence-electron chi connectivity index (χ3n) is 2.52. The smallest absolute Gasteiger partial charge is 0.142 e. The summed E-state index contributed by atoms with van der Waals surface area (Å²) in [5, 5.41) is 0. The predicted octanol–water partition coefficient (Wildman–Crippen LogP) is 1.49. The van der Waals surface area contributed by atoms with E-state index in [2.05, 4.69) is 18.0 Å². The molecule has 0 fully saturated rings. The SMILES string of the molecule is CN1CCOc2ccc(/C=C/CN)cc21. The number of hydrogen-bond acceptors (Lipinski definition) is 3. The van der Waals surface area contributed by atoms with E-state index in [0.29, 0.717) is 6.54 Å². The van der Waals surface area contributed by atoms with Crippen LogP contribution in [0.5, 0.6) is 5.75 Å². The molecule has 1 heterocycles. The summed E-state index contributed by atoms with van der Waals surface area (Å²) in [6.45, 7) is 2.28. The molecule has 80 valence electrons. The molecule has 0 atom stereocenters. The van der Waals surface area contributed by atoms with Crippen LogP contribution in [0.15, 0.2) is 24.3 Å². The minimum atomic E-state index is 0.573. The van der Waals surface area contributed by atoms with Crippen LogP contribution in [0.3, 0.4) is 0 Å². The van der Waals surface area contributed by atoms with Crippen LogP contribution >= 0.6 is 0 Å². The Bertz CT molecular complexity index is 374. The summed E-state index contributed by atoms with van der Waals surface area (Å²) < 4.78 is 5.56. The van der Waals surface area contributed by atoms with Gasteiger partial charge in [-0.1, -0.05) is 18.2 Å². The van der Waals surface area contributed by atoms with Gasteiger partial charge in [0.2, 0.25) is 0 Å². The molecule has 0 aliphatic carbocycles. The molecule has 2 rings (SSSR count). The molecule has 3 heteroatoms. The highest BCUT2D eigenvalue weighted by Crippen LogP contribution is 2.31. The van der Waals surface area contributed by atoms with Crippen LogP contribution in [0.2, 0.25) is 0 Å². The van der Waals surface area contributed by atoms with Gasteiger partial charge in [-0.3, -0.25) is 0 Å². The van der Waals surface area contributed by atoms with Crippen molar-refractivity contribution in [2.45, 2.75) is 0 Å². The lowest BCUT2D eigenvalue weighted by atomic mass is 10.1. The maximum absolute atomic E-state index is 5.56. The van der Waals surface area contributed by atoms with E-state index >= 15 is 0 Å². The standard InChI is InChI=1S/C12H16N2O/c1-14-7-8-15-12-5-4-10(3-2-6-13)9-11(12)14/h2-5,9H,6-8,13H2,1H3/b3-2+. The van der Waals surface area contributed by atoms with Crippen molar-refractivity contribution in [3.05, 3.63) is 29.8 Å². The number of hydrogen-bond donors (Lipinski definition) is 1. The lowest BCUT2D eigenvalue weighted by molar-refractivity contribution is 0.311. The molecule has 1 aromatic rings. The van der Waals surface area contributed by atoms with E-state index in [1.807, 2.05) is 24.3 Å². The van der Waals surface area contributed by atoms with Gasteiger partial charge in [0, 0.05) is 13.6 Å². The number of fused-ring (bicyclic) bond motifs is 1. The second-order valence-corrected chi connectivity index (χ2v) is 3.64. The van der Waals surface area contributed by atoms with Crippen LogP contribution in [0.25, 0.3) is 6.08 Å². The van der Waals surface area contributed by atoms with Gasteiger partial charge in [0.25, 0.3) is 0 Å². The van der Waals surface area contributed by atoms with E-state index in [4.69, 9.17) is 10.5 Å². The monoisotopic (exact) mass is 204 g/mol. The summed E-state index contributed by atoms with van der Waals surface area (Å²) in [6.07, 6.45) is 3.98. The Balaban J connectivity index is 2.31. The van der Waals surface area contributed by atoms with Gasteiger partial charge in [0.05, 0.1) is 12.2 Å². The summed E-state index contributed by atoms with van der Waals surface area (Å²) in [7, 11) is 2.08. The van der Waals surface area contributed by atoms with Crippen molar-refractivity contribution in [2.75, 3.05) is 31.6 Å². The Kier molecular flexibility index (Phi) is 2.92. The van der Waals surface area contributed by atoms with E-state index in [1.54, 1.807) is 0 Å². The van der Waals surface area contributed by atoms with Crippen LogP contribution in [-0.4, -0.2) is 26.7 Å². The molecule has 1 aliphatic rings. The molecule has 1 aliphatic heterocycles. The first-order chi connectivity index (χ1) is 7.31. The zero-order valence-corrected chi connectivity index (χ0v) is 8.94. The van der Waals surface area contributed by atoms with Crippen LogP contribution in [0.4, 0.5) is 5.69 Å². The van der Waals surface area contributed by atoms with Gasteiger partial charge in [-0.15, -0.1) is 0 Å². The molecular weight excluding hydrogens is 188 g/mol. The summed E-state index contributed by atoms with van der Waals surface area (Å²) in [5.74, 6) is 0.966. The molecule has 2 N–H and O–H groups in total. The number of nitrogens with two attached hydrogens (primary N) is 1. The largest absolute Gasteiger partial charge is 0.490 e. The molecule has 0 amide bonds. The van der Waals surface area contributed by atoms with Crippen LogP contribution in [0.1, 0.15) is 5.56 Å². The molecular formula is C12H16N2O. The van der Waals surface area contributed by atoms with Gasteiger partial charge in [0.15, 0.2) is 0 Å². The van der Waals surface area contributed by atoms with Crippen molar-refractivity contribution >= 4 is 11.8 Å². The predicted molar refractivity (Wildman–Crippen MR) is 63.3 cm³/mol. The van der Waals surface area contributed by atoms with Crippen molar-refractivity contribution < 1.29 is 4.74 Å².